The van der Waals surface area contributed by atoms with Crippen LogP contribution in [0, 0.1) is 0 Å². The second-order valence-electron chi connectivity index (χ2n) is 7.53. The van der Waals surface area contributed by atoms with E-state index in [2.05, 4.69) is 15.4 Å². The molecule has 3 aromatic heterocycles. The maximum atomic E-state index is 11.8. The minimum atomic E-state index is 0.208. The van der Waals surface area contributed by atoms with Crippen LogP contribution >= 0.6 is 0 Å². The molecule has 0 spiro atoms. The Morgan fingerprint density at radius 1 is 1.03 bits per heavy atom. The molecular formula is C23H22N6O. The SMILES string of the molecule is Nc1c(C=O)c(C2CCNCC2)nc2c(-c3ccc(-c4ccccc4)nc3)cnn12. The van der Waals surface area contributed by atoms with E-state index in [0.717, 1.165) is 60.3 Å². The van der Waals surface area contributed by atoms with E-state index in [-0.39, 0.29) is 5.92 Å². The maximum Gasteiger partial charge on any atom is 0.165 e. The molecule has 0 aliphatic carbocycles. The molecule has 3 N–H and O–H groups in total. The van der Waals surface area contributed by atoms with E-state index < -0.39 is 0 Å². The number of pyridine rings is 1. The predicted octanol–water partition coefficient (Wildman–Crippen LogP) is 3.32. The standard InChI is InChI=1S/C23H22N6O/c24-22-19(14-30)21(16-8-10-25-11-9-16)28-23-18(13-27-29(22)23)17-6-7-20(26-12-17)15-4-2-1-3-5-15/h1-7,12-14,16,25H,8-11,24H2. The molecule has 0 radical (unpaired) electrons. The van der Waals surface area contributed by atoms with E-state index in [9.17, 15) is 4.79 Å². The first kappa shape index (κ1) is 18.4. The lowest BCUT2D eigenvalue weighted by atomic mass is 9.91. The van der Waals surface area contributed by atoms with Gasteiger partial charge in [0.1, 0.15) is 5.82 Å². The smallest absolute Gasteiger partial charge is 0.165 e. The Morgan fingerprint density at radius 3 is 2.53 bits per heavy atom. The molecule has 0 bridgehead atoms. The molecule has 1 fully saturated rings. The zero-order chi connectivity index (χ0) is 20.5. The number of aromatic nitrogens is 4. The second-order valence-corrected chi connectivity index (χ2v) is 7.53. The van der Waals surface area contributed by atoms with Gasteiger partial charge in [0.05, 0.1) is 23.1 Å². The summed E-state index contributed by atoms with van der Waals surface area (Å²) in [5, 5.41) is 7.75. The lowest BCUT2D eigenvalue weighted by Crippen LogP contribution is -2.28. The normalized spacial score (nSPS) is 14.8. The van der Waals surface area contributed by atoms with Crippen LogP contribution in [0.4, 0.5) is 5.82 Å². The molecule has 7 heteroatoms. The Bertz CT molecular complexity index is 1190. The van der Waals surface area contributed by atoms with Crippen molar-refractivity contribution in [3.63, 3.8) is 0 Å². The monoisotopic (exact) mass is 398 g/mol. The third kappa shape index (κ3) is 3.13. The molecular weight excluding hydrogens is 376 g/mol. The Labute approximate surface area is 174 Å². The van der Waals surface area contributed by atoms with E-state index in [1.54, 1.807) is 10.7 Å². The highest BCUT2D eigenvalue weighted by Gasteiger charge is 2.24. The maximum absolute atomic E-state index is 11.8. The van der Waals surface area contributed by atoms with Crippen LogP contribution < -0.4 is 11.1 Å². The molecule has 0 atom stereocenters. The van der Waals surface area contributed by atoms with Gasteiger partial charge in [0.25, 0.3) is 0 Å². The summed E-state index contributed by atoms with van der Waals surface area (Å²) in [6.45, 7) is 1.82. The average Bonchev–Trinajstić information content (AvgIpc) is 3.25. The minimum Gasteiger partial charge on any atom is -0.383 e. The number of aldehydes is 1. The molecule has 0 saturated carbocycles. The Kier molecular flexibility index (Phi) is 4.72. The molecule has 150 valence electrons. The van der Waals surface area contributed by atoms with Crippen LogP contribution in [0.3, 0.4) is 0 Å². The number of nitrogens with one attached hydrogen (secondary N) is 1. The summed E-state index contributed by atoms with van der Waals surface area (Å²) in [5.74, 6) is 0.545. The van der Waals surface area contributed by atoms with Crippen molar-refractivity contribution in [1.82, 2.24) is 24.9 Å². The quantitative estimate of drug-likeness (QED) is 0.512. The first-order valence-corrected chi connectivity index (χ1v) is 10.1. The Morgan fingerprint density at radius 2 is 1.83 bits per heavy atom. The number of carbonyl (C=O) groups excluding carboxylic acids is 1. The highest BCUT2D eigenvalue weighted by Crippen LogP contribution is 2.32. The van der Waals surface area contributed by atoms with Gasteiger partial charge >= 0.3 is 0 Å². The van der Waals surface area contributed by atoms with Crippen molar-refractivity contribution in [2.75, 3.05) is 18.8 Å². The van der Waals surface area contributed by atoms with Crippen LogP contribution in [0.1, 0.15) is 34.8 Å². The van der Waals surface area contributed by atoms with E-state index in [4.69, 9.17) is 10.7 Å². The van der Waals surface area contributed by atoms with Gasteiger partial charge in [0, 0.05) is 28.8 Å². The molecule has 7 nitrogen and oxygen atoms in total. The molecule has 30 heavy (non-hydrogen) atoms. The Hall–Kier alpha value is -3.58. The molecule has 1 saturated heterocycles. The third-order valence-corrected chi connectivity index (χ3v) is 5.74. The fourth-order valence-electron chi connectivity index (χ4n) is 4.11. The molecule has 1 aliphatic heterocycles. The third-order valence-electron chi connectivity index (χ3n) is 5.74. The first-order valence-electron chi connectivity index (χ1n) is 10.1. The van der Waals surface area contributed by atoms with Crippen LogP contribution in [-0.4, -0.2) is 39.0 Å². The summed E-state index contributed by atoms with van der Waals surface area (Å²) < 4.78 is 1.55. The van der Waals surface area contributed by atoms with Gasteiger partial charge in [0.15, 0.2) is 11.9 Å². The molecule has 1 aliphatic rings. The van der Waals surface area contributed by atoms with Crippen LogP contribution in [0.2, 0.25) is 0 Å². The number of hydrogen-bond donors (Lipinski definition) is 2. The van der Waals surface area contributed by atoms with Crippen LogP contribution in [0.5, 0.6) is 0 Å². The molecule has 4 aromatic rings. The number of anilines is 1. The van der Waals surface area contributed by atoms with Crippen LogP contribution in [0.25, 0.3) is 28.0 Å². The number of nitrogens with two attached hydrogens (primary N) is 1. The van der Waals surface area contributed by atoms with E-state index in [0.29, 0.717) is 17.0 Å². The Balaban J connectivity index is 1.60. The summed E-state index contributed by atoms with van der Waals surface area (Å²) in [6, 6.07) is 14.1. The van der Waals surface area contributed by atoms with Crippen molar-refractivity contribution >= 4 is 17.8 Å². The highest BCUT2D eigenvalue weighted by atomic mass is 16.1. The summed E-state index contributed by atoms with van der Waals surface area (Å²) in [5.41, 5.74) is 11.9. The van der Waals surface area contributed by atoms with E-state index in [1.165, 1.54) is 0 Å². The van der Waals surface area contributed by atoms with Gasteiger partial charge in [-0.05, 0) is 32.0 Å². The van der Waals surface area contributed by atoms with Gasteiger partial charge in [-0.1, -0.05) is 36.4 Å². The van der Waals surface area contributed by atoms with Crippen LogP contribution in [0.15, 0.2) is 54.9 Å². The average molecular weight is 398 g/mol. The van der Waals surface area contributed by atoms with Gasteiger partial charge in [0.2, 0.25) is 0 Å². The van der Waals surface area contributed by atoms with Crippen molar-refractivity contribution in [2.24, 2.45) is 0 Å². The van der Waals surface area contributed by atoms with Crippen molar-refractivity contribution in [3.05, 3.63) is 66.1 Å². The minimum absolute atomic E-state index is 0.208. The molecule has 5 rings (SSSR count). The largest absolute Gasteiger partial charge is 0.383 e. The van der Waals surface area contributed by atoms with Crippen molar-refractivity contribution in [2.45, 2.75) is 18.8 Å². The molecule has 4 heterocycles. The van der Waals surface area contributed by atoms with Gasteiger partial charge in [-0.15, -0.1) is 0 Å². The first-order chi connectivity index (χ1) is 14.8. The number of fused-ring (bicyclic) bond motifs is 1. The van der Waals surface area contributed by atoms with Gasteiger partial charge in [-0.2, -0.15) is 9.61 Å². The number of rotatable bonds is 4. The topological polar surface area (TPSA) is 98.2 Å². The lowest BCUT2D eigenvalue weighted by molar-refractivity contribution is 0.112. The van der Waals surface area contributed by atoms with Crippen molar-refractivity contribution in [3.8, 4) is 22.4 Å². The lowest BCUT2D eigenvalue weighted by Gasteiger charge is -2.23. The highest BCUT2D eigenvalue weighted by molar-refractivity contribution is 5.87. The van der Waals surface area contributed by atoms with E-state index in [1.807, 2.05) is 48.7 Å². The zero-order valence-corrected chi connectivity index (χ0v) is 16.5. The van der Waals surface area contributed by atoms with E-state index >= 15 is 0 Å². The molecule has 0 unspecified atom stereocenters. The van der Waals surface area contributed by atoms with Gasteiger partial charge in [-0.25, -0.2) is 4.98 Å². The van der Waals surface area contributed by atoms with Gasteiger partial charge in [-0.3, -0.25) is 9.78 Å². The molecule has 0 amide bonds. The number of carbonyl (C=O) groups is 1. The number of nitrogens with zero attached hydrogens (tertiary/aromatic N) is 4. The summed E-state index contributed by atoms with van der Waals surface area (Å²) >= 11 is 0. The second kappa shape index (κ2) is 7.68. The number of benzene rings is 1. The predicted molar refractivity (Wildman–Crippen MR) is 116 cm³/mol. The summed E-state index contributed by atoms with van der Waals surface area (Å²) in [6.07, 6.45) is 6.23. The number of piperidine rings is 1. The number of hydrogen-bond acceptors (Lipinski definition) is 6. The van der Waals surface area contributed by atoms with Crippen LogP contribution in [-0.2, 0) is 0 Å². The summed E-state index contributed by atoms with van der Waals surface area (Å²) in [7, 11) is 0. The van der Waals surface area contributed by atoms with Crippen molar-refractivity contribution < 1.29 is 4.79 Å². The fraction of sp³-hybridized carbons (Fsp3) is 0.217. The van der Waals surface area contributed by atoms with Gasteiger partial charge < -0.3 is 11.1 Å². The fourth-order valence-corrected chi connectivity index (χ4v) is 4.11. The molecule has 1 aromatic carbocycles. The number of nitrogen functional groups attached to an aromatic ring is 1. The van der Waals surface area contributed by atoms with Crippen molar-refractivity contribution in [1.29, 1.82) is 0 Å². The zero-order valence-electron chi connectivity index (χ0n) is 16.5. The summed E-state index contributed by atoms with van der Waals surface area (Å²) in [4.78, 5) is 21.3.